The Hall–Kier alpha value is -4.73. The van der Waals surface area contributed by atoms with E-state index in [9.17, 15) is 41.6 Å². The number of benzene rings is 3. The fourth-order valence-corrected chi connectivity index (χ4v) is 7.90. The molecule has 1 unspecified atom stereocenters. The molecule has 11 nitrogen and oxygen atoms in total. The normalized spacial score (nSPS) is 16.3. The molecule has 1 fully saturated rings. The van der Waals surface area contributed by atoms with Crippen LogP contribution in [0.1, 0.15) is 29.5 Å². The summed E-state index contributed by atoms with van der Waals surface area (Å²) < 4.78 is 78.5. The average molecular weight is 688 g/mol. The van der Waals surface area contributed by atoms with E-state index in [1.807, 2.05) is 0 Å². The van der Waals surface area contributed by atoms with Gasteiger partial charge in [-0.05, 0) is 61.3 Å². The van der Waals surface area contributed by atoms with E-state index in [0.717, 1.165) is 17.7 Å². The number of aliphatic hydroxyl groups is 1. The van der Waals surface area contributed by atoms with Crippen LogP contribution in [0.5, 0.6) is 5.75 Å². The molecular formula is C33H32F3N3O8S. The summed E-state index contributed by atoms with van der Waals surface area (Å²) in [6.45, 7) is -0.940. The summed E-state index contributed by atoms with van der Waals surface area (Å²) in [4.78, 5) is 23.0. The average Bonchev–Trinajstić information content (AvgIpc) is 3.41. The standard InChI is InChI=1S/C33H32F3N3O8S/c1-47-29-17-22(8-12-31(40)41)7-11-30(29)48(45,46)25-13-15-37(16-14-25)21-32(42,33(34,35)36)27-20-38(19-23-5-3-2-4-6-23)28-18-24(39(43)44)9-10-26(27)28/h2-12,17-18,20,25,42H,13-16,19,21H2,1H3,(H,40,41). The maximum absolute atomic E-state index is 14.9. The lowest BCUT2D eigenvalue weighted by Gasteiger charge is -2.38. The molecule has 1 aromatic heterocycles. The fourth-order valence-electron chi connectivity index (χ4n) is 6.03. The van der Waals surface area contributed by atoms with E-state index in [2.05, 4.69) is 0 Å². The summed E-state index contributed by atoms with van der Waals surface area (Å²) >= 11 is 0. The second-order valence-electron chi connectivity index (χ2n) is 11.6. The number of alkyl halides is 3. The SMILES string of the molecule is COc1cc(C=CC(=O)O)ccc1S(=O)(=O)C1CCN(CC(O)(c2cn(Cc3ccccc3)c3cc([N+](=O)[O-])ccc23)C(F)(F)F)CC1. The number of likely N-dealkylation sites (tertiary alicyclic amines) is 1. The minimum Gasteiger partial charge on any atom is -0.495 e. The van der Waals surface area contributed by atoms with E-state index in [-0.39, 0.29) is 59.7 Å². The molecule has 3 aromatic carbocycles. The number of rotatable bonds is 11. The molecular weight excluding hydrogens is 655 g/mol. The zero-order valence-corrected chi connectivity index (χ0v) is 26.4. The highest BCUT2D eigenvalue weighted by molar-refractivity contribution is 7.92. The molecule has 1 saturated heterocycles. The Morgan fingerprint density at radius 3 is 2.38 bits per heavy atom. The minimum absolute atomic E-state index is 0.00237. The van der Waals surface area contributed by atoms with Crippen LogP contribution in [-0.2, 0) is 26.8 Å². The maximum Gasteiger partial charge on any atom is 0.422 e. The molecule has 1 aliphatic heterocycles. The van der Waals surface area contributed by atoms with Gasteiger partial charge in [-0.2, -0.15) is 13.2 Å². The van der Waals surface area contributed by atoms with Crippen molar-refractivity contribution in [3.8, 4) is 5.75 Å². The first kappa shape index (κ1) is 34.6. The number of nitro benzene ring substituents is 1. The number of piperidine rings is 1. The van der Waals surface area contributed by atoms with Crippen molar-refractivity contribution < 1.29 is 46.3 Å². The third-order valence-corrected chi connectivity index (χ3v) is 10.8. The number of fused-ring (bicyclic) bond motifs is 1. The molecule has 2 N–H and O–H groups in total. The highest BCUT2D eigenvalue weighted by atomic mass is 32.2. The lowest BCUT2D eigenvalue weighted by molar-refractivity contribution is -0.384. The number of hydrogen-bond donors (Lipinski definition) is 2. The Balaban J connectivity index is 1.42. The maximum atomic E-state index is 14.9. The minimum atomic E-state index is -5.16. The molecule has 0 bridgehead atoms. The predicted octanol–water partition coefficient (Wildman–Crippen LogP) is 5.39. The largest absolute Gasteiger partial charge is 0.495 e. The van der Waals surface area contributed by atoms with Crippen molar-refractivity contribution in [1.29, 1.82) is 0 Å². The molecule has 0 saturated carbocycles. The van der Waals surface area contributed by atoms with Crippen LogP contribution in [0.25, 0.3) is 17.0 Å². The van der Waals surface area contributed by atoms with E-state index in [1.165, 1.54) is 59.2 Å². The number of halogens is 3. The van der Waals surface area contributed by atoms with Crippen LogP contribution >= 0.6 is 0 Å². The Labute approximate surface area is 273 Å². The van der Waals surface area contributed by atoms with Gasteiger partial charge >= 0.3 is 12.1 Å². The van der Waals surface area contributed by atoms with Crippen LogP contribution < -0.4 is 4.74 Å². The Morgan fingerprint density at radius 2 is 1.77 bits per heavy atom. The number of carbonyl (C=O) groups is 1. The molecule has 5 rings (SSSR count). The molecule has 0 radical (unpaired) electrons. The van der Waals surface area contributed by atoms with Crippen LogP contribution in [0.3, 0.4) is 0 Å². The zero-order chi connectivity index (χ0) is 34.9. The molecule has 48 heavy (non-hydrogen) atoms. The lowest BCUT2D eigenvalue weighted by Crippen LogP contribution is -2.53. The van der Waals surface area contributed by atoms with Crippen LogP contribution in [0.2, 0.25) is 0 Å². The van der Waals surface area contributed by atoms with Gasteiger partial charge in [-0.1, -0.05) is 36.4 Å². The van der Waals surface area contributed by atoms with Crippen LogP contribution in [-0.4, -0.2) is 77.2 Å². The number of nitro groups is 1. The number of β-amino-alcohol motifs (C(OH)–C–C–N with tert-alkyl or cyclic N) is 1. The van der Waals surface area contributed by atoms with Gasteiger partial charge < -0.3 is 19.5 Å². The van der Waals surface area contributed by atoms with Crippen molar-refractivity contribution in [2.45, 2.75) is 41.3 Å². The number of carboxylic acid groups (broad SMARTS) is 1. The van der Waals surface area contributed by atoms with Gasteiger partial charge in [0.15, 0.2) is 9.84 Å². The van der Waals surface area contributed by atoms with Crippen molar-refractivity contribution in [1.82, 2.24) is 9.47 Å². The monoisotopic (exact) mass is 687 g/mol. The molecule has 0 spiro atoms. The van der Waals surface area contributed by atoms with Crippen molar-refractivity contribution >= 4 is 38.5 Å². The quantitative estimate of drug-likeness (QED) is 0.120. The molecule has 4 aromatic rings. The third kappa shape index (κ3) is 6.93. The second kappa shape index (κ2) is 13.4. The van der Waals surface area contributed by atoms with Gasteiger partial charge in [0, 0.05) is 48.4 Å². The summed E-state index contributed by atoms with van der Waals surface area (Å²) in [5.74, 6) is -1.18. The number of hydrogen-bond acceptors (Lipinski definition) is 8. The van der Waals surface area contributed by atoms with Gasteiger partial charge in [-0.3, -0.25) is 15.0 Å². The summed E-state index contributed by atoms with van der Waals surface area (Å²) in [7, 11) is -2.73. The van der Waals surface area contributed by atoms with Crippen molar-refractivity contribution in [3.63, 3.8) is 0 Å². The smallest absolute Gasteiger partial charge is 0.422 e. The highest BCUT2D eigenvalue weighted by Crippen LogP contribution is 2.44. The summed E-state index contributed by atoms with van der Waals surface area (Å²) in [6.07, 6.45) is -1.86. The van der Waals surface area contributed by atoms with Crippen molar-refractivity contribution in [2.24, 2.45) is 0 Å². The van der Waals surface area contributed by atoms with Gasteiger partial charge in [0.05, 0.1) is 22.8 Å². The van der Waals surface area contributed by atoms with E-state index in [0.29, 0.717) is 5.56 Å². The lowest BCUT2D eigenvalue weighted by atomic mass is 9.91. The fraction of sp³-hybridized carbons (Fsp3) is 0.303. The van der Waals surface area contributed by atoms with Gasteiger partial charge in [0.2, 0.25) is 5.60 Å². The summed E-state index contributed by atoms with van der Waals surface area (Å²) in [6, 6.07) is 16.4. The zero-order valence-electron chi connectivity index (χ0n) is 25.6. The predicted molar refractivity (Wildman–Crippen MR) is 170 cm³/mol. The van der Waals surface area contributed by atoms with E-state index in [4.69, 9.17) is 9.84 Å². The van der Waals surface area contributed by atoms with E-state index in [1.54, 1.807) is 30.3 Å². The third-order valence-electron chi connectivity index (χ3n) is 8.53. The van der Waals surface area contributed by atoms with Crippen LogP contribution in [0, 0.1) is 10.1 Å². The number of aromatic nitrogens is 1. The first-order valence-electron chi connectivity index (χ1n) is 14.8. The highest BCUT2D eigenvalue weighted by Gasteiger charge is 2.57. The first-order chi connectivity index (χ1) is 22.6. The molecule has 254 valence electrons. The summed E-state index contributed by atoms with van der Waals surface area (Å²) in [5.41, 5.74) is -2.90. The number of ether oxygens (including phenoxy) is 1. The van der Waals surface area contributed by atoms with Gasteiger partial charge in [0.1, 0.15) is 10.6 Å². The van der Waals surface area contributed by atoms with Crippen molar-refractivity contribution in [2.75, 3.05) is 26.7 Å². The topological polar surface area (TPSA) is 152 Å². The molecule has 2 heterocycles. The number of aliphatic carboxylic acids is 1. The Kier molecular flexibility index (Phi) is 9.67. The number of methoxy groups -OCH3 is 1. The Morgan fingerprint density at radius 1 is 1.08 bits per heavy atom. The molecule has 0 amide bonds. The van der Waals surface area contributed by atoms with E-state index < -0.39 is 49.9 Å². The van der Waals surface area contributed by atoms with Crippen molar-refractivity contribution in [3.05, 3.63) is 106 Å². The first-order valence-corrected chi connectivity index (χ1v) is 16.3. The molecule has 1 aliphatic rings. The van der Waals surface area contributed by atoms with Gasteiger partial charge in [0.25, 0.3) is 5.69 Å². The Bertz CT molecular complexity index is 1970. The number of sulfone groups is 1. The molecule has 0 aliphatic carbocycles. The number of carboxylic acids is 1. The van der Waals surface area contributed by atoms with Crippen LogP contribution in [0.15, 0.2) is 83.9 Å². The molecule has 1 atom stereocenters. The number of non-ortho nitro benzene ring substituents is 1. The van der Waals surface area contributed by atoms with E-state index >= 15 is 0 Å². The number of nitrogens with zero attached hydrogens (tertiary/aromatic N) is 3. The van der Waals surface area contributed by atoms with Gasteiger partial charge in [-0.15, -0.1) is 0 Å². The summed E-state index contributed by atoms with van der Waals surface area (Å²) in [5, 5.41) is 30.9. The van der Waals surface area contributed by atoms with Gasteiger partial charge in [-0.25, -0.2) is 13.2 Å². The second-order valence-corrected chi connectivity index (χ2v) is 13.8. The molecule has 15 heteroatoms. The van der Waals surface area contributed by atoms with Crippen LogP contribution in [0.4, 0.5) is 18.9 Å².